The molecule has 144 valence electrons. The largest absolute Gasteiger partial charge is 0.294 e. The number of carbonyl (C=O) groups excluding carboxylic acids is 1. The highest BCUT2D eigenvalue weighted by Gasteiger charge is 2.27. The van der Waals surface area contributed by atoms with Crippen molar-refractivity contribution in [3.8, 4) is 0 Å². The van der Waals surface area contributed by atoms with Crippen molar-refractivity contribution in [1.29, 1.82) is 0 Å². The SMILES string of the molecule is CC(=O)c1ccccc1NS(=O)(=O)c1ccc(S(=O)(=O)N2CCCC2)cc1. The molecule has 2 aromatic rings. The number of anilines is 1. The summed E-state index contributed by atoms with van der Waals surface area (Å²) in [5.41, 5.74) is 0.438. The molecule has 9 heteroatoms. The van der Waals surface area contributed by atoms with E-state index in [4.69, 9.17) is 0 Å². The Labute approximate surface area is 159 Å². The minimum Gasteiger partial charge on any atom is -0.294 e. The van der Waals surface area contributed by atoms with E-state index in [1.807, 2.05) is 0 Å². The number of nitrogens with one attached hydrogen (secondary N) is 1. The van der Waals surface area contributed by atoms with Crippen molar-refractivity contribution in [2.75, 3.05) is 17.8 Å². The summed E-state index contributed by atoms with van der Waals surface area (Å²) in [6.07, 6.45) is 1.65. The van der Waals surface area contributed by atoms with Gasteiger partial charge >= 0.3 is 0 Å². The molecule has 0 aliphatic carbocycles. The summed E-state index contributed by atoms with van der Waals surface area (Å²) < 4.78 is 54.1. The van der Waals surface area contributed by atoms with Crippen LogP contribution in [0.2, 0.25) is 0 Å². The molecule has 0 bridgehead atoms. The molecular formula is C18H20N2O5S2. The summed E-state index contributed by atoms with van der Waals surface area (Å²) in [4.78, 5) is 11.6. The lowest BCUT2D eigenvalue weighted by molar-refractivity contribution is 0.101. The van der Waals surface area contributed by atoms with E-state index in [-0.39, 0.29) is 26.8 Å². The predicted molar refractivity (Wildman–Crippen MR) is 102 cm³/mol. The fourth-order valence-electron chi connectivity index (χ4n) is 2.95. The smallest absolute Gasteiger partial charge is 0.261 e. The number of hydrogen-bond donors (Lipinski definition) is 1. The van der Waals surface area contributed by atoms with Gasteiger partial charge in [0.2, 0.25) is 10.0 Å². The van der Waals surface area contributed by atoms with Crippen molar-refractivity contribution in [2.45, 2.75) is 29.6 Å². The third-order valence-electron chi connectivity index (χ3n) is 4.39. The number of hydrogen-bond acceptors (Lipinski definition) is 5. The number of para-hydroxylation sites is 1. The molecule has 1 saturated heterocycles. The molecule has 0 spiro atoms. The molecule has 0 atom stereocenters. The Balaban J connectivity index is 1.87. The first-order valence-corrected chi connectivity index (χ1v) is 11.4. The second-order valence-electron chi connectivity index (χ2n) is 6.29. The van der Waals surface area contributed by atoms with E-state index in [0.29, 0.717) is 13.1 Å². The number of benzene rings is 2. The number of rotatable bonds is 6. The van der Waals surface area contributed by atoms with Gasteiger partial charge in [0.15, 0.2) is 5.78 Å². The molecule has 1 aliphatic heterocycles. The van der Waals surface area contributed by atoms with Crippen molar-refractivity contribution in [3.63, 3.8) is 0 Å². The first-order valence-electron chi connectivity index (χ1n) is 8.45. The maximum Gasteiger partial charge on any atom is 0.261 e. The second-order valence-corrected chi connectivity index (χ2v) is 9.91. The van der Waals surface area contributed by atoms with Crippen molar-refractivity contribution in [3.05, 3.63) is 54.1 Å². The molecule has 7 nitrogen and oxygen atoms in total. The Bertz CT molecular complexity index is 1060. The van der Waals surface area contributed by atoms with Crippen molar-refractivity contribution in [2.24, 2.45) is 0 Å². The molecule has 1 N–H and O–H groups in total. The molecular weight excluding hydrogens is 388 g/mol. The molecule has 0 unspecified atom stereocenters. The van der Waals surface area contributed by atoms with Crippen molar-refractivity contribution >= 4 is 31.5 Å². The Morgan fingerprint density at radius 1 is 0.889 bits per heavy atom. The summed E-state index contributed by atoms with van der Waals surface area (Å²) in [5, 5.41) is 0. The van der Waals surface area contributed by atoms with Crippen LogP contribution < -0.4 is 4.72 Å². The van der Waals surface area contributed by atoms with Gasteiger partial charge in [0.05, 0.1) is 15.5 Å². The Morgan fingerprint density at radius 2 is 1.44 bits per heavy atom. The molecule has 0 amide bonds. The van der Waals surface area contributed by atoms with E-state index in [9.17, 15) is 21.6 Å². The van der Waals surface area contributed by atoms with Gasteiger partial charge in [-0.1, -0.05) is 12.1 Å². The van der Waals surface area contributed by atoms with Gasteiger partial charge in [-0.3, -0.25) is 9.52 Å². The van der Waals surface area contributed by atoms with E-state index in [2.05, 4.69) is 4.72 Å². The third kappa shape index (κ3) is 4.05. The van der Waals surface area contributed by atoms with Crippen LogP contribution in [0.25, 0.3) is 0 Å². The van der Waals surface area contributed by atoms with Gasteiger partial charge in [-0.15, -0.1) is 0 Å². The molecule has 2 aromatic carbocycles. The van der Waals surface area contributed by atoms with Gasteiger partial charge in [-0.05, 0) is 56.2 Å². The minimum absolute atomic E-state index is 0.0625. The molecule has 1 aliphatic rings. The fraction of sp³-hybridized carbons (Fsp3) is 0.278. The average molecular weight is 409 g/mol. The summed E-state index contributed by atoms with van der Waals surface area (Å²) >= 11 is 0. The standard InChI is InChI=1S/C18H20N2O5S2/c1-14(21)17-6-2-3-7-18(17)19-26(22,23)15-8-10-16(11-9-15)27(24,25)20-12-4-5-13-20/h2-3,6-11,19H,4-5,12-13H2,1H3. The predicted octanol–water partition coefficient (Wildman–Crippen LogP) is 2.47. The van der Waals surface area contributed by atoms with Gasteiger partial charge in [-0.2, -0.15) is 4.31 Å². The first kappa shape index (κ1) is 19.5. The van der Waals surface area contributed by atoms with Crippen LogP contribution >= 0.6 is 0 Å². The van der Waals surface area contributed by atoms with E-state index in [1.165, 1.54) is 47.6 Å². The third-order valence-corrected chi connectivity index (χ3v) is 7.68. The van der Waals surface area contributed by atoms with Gasteiger partial charge in [0, 0.05) is 18.7 Å². The summed E-state index contributed by atoms with van der Waals surface area (Å²) in [6.45, 7) is 2.31. The van der Waals surface area contributed by atoms with Gasteiger partial charge in [-0.25, -0.2) is 16.8 Å². The number of nitrogens with zero attached hydrogens (tertiary/aromatic N) is 1. The number of sulfonamides is 2. The summed E-state index contributed by atoms with van der Waals surface area (Å²) in [6, 6.07) is 11.4. The molecule has 27 heavy (non-hydrogen) atoms. The highest BCUT2D eigenvalue weighted by atomic mass is 32.2. The lowest BCUT2D eigenvalue weighted by atomic mass is 10.1. The molecule has 0 saturated carbocycles. The molecule has 1 heterocycles. The maximum absolute atomic E-state index is 12.6. The second kappa shape index (κ2) is 7.41. The van der Waals surface area contributed by atoms with Crippen LogP contribution in [0.1, 0.15) is 30.1 Å². The number of Topliss-reactive ketones (excluding diaryl/α,β-unsaturated/α-hetero) is 1. The van der Waals surface area contributed by atoms with Crippen LogP contribution in [0.4, 0.5) is 5.69 Å². The molecule has 0 radical (unpaired) electrons. The zero-order chi connectivity index (χ0) is 19.7. The molecule has 1 fully saturated rings. The van der Waals surface area contributed by atoms with Crippen LogP contribution in [0.5, 0.6) is 0 Å². The number of carbonyl (C=O) groups is 1. The minimum atomic E-state index is -3.96. The zero-order valence-electron chi connectivity index (χ0n) is 14.8. The van der Waals surface area contributed by atoms with E-state index in [1.54, 1.807) is 12.1 Å². The highest BCUT2D eigenvalue weighted by molar-refractivity contribution is 7.92. The van der Waals surface area contributed by atoms with Crippen LogP contribution in [0.15, 0.2) is 58.3 Å². The van der Waals surface area contributed by atoms with Crippen LogP contribution in [-0.2, 0) is 20.0 Å². The van der Waals surface area contributed by atoms with Gasteiger partial charge in [0.1, 0.15) is 0 Å². The Kier molecular flexibility index (Phi) is 5.36. The Morgan fingerprint density at radius 3 is 2.04 bits per heavy atom. The first-order chi connectivity index (χ1) is 12.7. The summed E-state index contributed by atoms with van der Waals surface area (Å²) in [5.74, 6) is -0.264. The lowest BCUT2D eigenvalue weighted by Crippen LogP contribution is -2.27. The maximum atomic E-state index is 12.6. The molecule has 0 aromatic heterocycles. The van der Waals surface area contributed by atoms with E-state index < -0.39 is 20.0 Å². The monoisotopic (exact) mass is 408 g/mol. The Hall–Kier alpha value is -2.23. The van der Waals surface area contributed by atoms with Crippen molar-refractivity contribution in [1.82, 2.24) is 4.31 Å². The zero-order valence-corrected chi connectivity index (χ0v) is 16.4. The normalized spacial score (nSPS) is 15.6. The van der Waals surface area contributed by atoms with Crippen molar-refractivity contribution < 1.29 is 21.6 Å². The van der Waals surface area contributed by atoms with E-state index in [0.717, 1.165) is 12.8 Å². The van der Waals surface area contributed by atoms with Gasteiger partial charge in [0.25, 0.3) is 10.0 Å². The highest BCUT2D eigenvalue weighted by Crippen LogP contribution is 2.24. The quantitative estimate of drug-likeness (QED) is 0.740. The van der Waals surface area contributed by atoms with Crippen LogP contribution in [0.3, 0.4) is 0 Å². The molecule has 3 rings (SSSR count). The topological polar surface area (TPSA) is 101 Å². The lowest BCUT2D eigenvalue weighted by Gasteiger charge is -2.16. The fourth-order valence-corrected chi connectivity index (χ4v) is 5.55. The average Bonchev–Trinajstić information content (AvgIpc) is 3.17. The van der Waals surface area contributed by atoms with Gasteiger partial charge < -0.3 is 0 Å². The van der Waals surface area contributed by atoms with Crippen LogP contribution in [0, 0.1) is 0 Å². The summed E-state index contributed by atoms with van der Waals surface area (Å²) in [7, 11) is -7.57. The van der Waals surface area contributed by atoms with E-state index >= 15 is 0 Å². The number of ketones is 1. The van der Waals surface area contributed by atoms with Crippen LogP contribution in [-0.4, -0.2) is 40.0 Å².